The molecule has 2 aliphatic rings. The van der Waals surface area contributed by atoms with Gasteiger partial charge in [0.15, 0.2) is 5.82 Å². The molecule has 0 amide bonds. The molecule has 1 aliphatic heterocycles. The number of rotatable bonds is 4. The van der Waals surface area contributed by atoms with E-state index in [0.717, 1.165) is 32.2 Å². The predicted octanol–water partition coefficient (Wildman–Crippen LogP) is 3.07. The van der Waals surface area contributed by atoms with E-state index in [0.29, 0.717) is 12.0 Å². The summed E-state index contributed by atoms with van der Waals surface area (Å²) in [4.78, 5) is 10.5. The maximum absolute atomic E-state index is 14.0. The monoisotopic (exact) mass is 293 g/mol. The third-order valence-corrected chi connectivity index (χ3v) is 4.70. The van der Waals surface area contributed by atoms with Gasteiger partial charge in [-0.25, -0.2) is 4.39 Å². The Morgan fingerprint density at radius 3 is 2.86 bits per heavy atom. The summed E-state index contributed by atoms with van der Waals surface area (Å²) in [7, 11) is 0. The fraction of sp³-hybridized carbons (Fsp3) is 0.600. The molecule has 5 nitrogen and oxygen atoms in total. The van der Waals surface area contributed by atoms with Crippen LogP contribution in [0, 0.1) is 21.8 Å². The van der Waals surface area contributed by atoms with Gasteiger partial charge in [0.05, 0.1) is 4.92 Å². The Bertz CT molecular complexity index is 532. The highest BCUT2D eigenvalue weighted by Crippen LogP contribution is 2.36. The van der Waals surface area contributed by atoms with Gasteiger partial charge in [0.1, 0.15) is 5.69 Å². The summed E-state index contributed by atoms with van der Waals surface area (Å²) >= 11 is 0. The number of anilines is 1. The van der Waals surface area contributed by atoms with E-state index in [2.05, 4.69) is 10.6 Å². The molecule has 0 aromatic heterocycles. The molecule has 21 heavy (non-hydrogen) atoms. The fourth-order valence-corrected chi connectivity index (χ4v) is 3.72. The topological polar surface area (TPSA) is 67.2 Å². The van der Waals surface area contributed by atoms with E-state index in [1.165, 1.54) is 24.6 Å². The van der Waals surface area contributed by atoms with Crippen molar-refractivity contribution >= 4 is 11.4 Å². The molecule has 1 aliphatic carbocycles. The Morgan fingerprint density at radius 2 is 2.14 bits per heavy atom. The molecule has 1 aromatic carbocycles. The average Bonchev–Trinajstić information content (AvgIpc) is 3.11. The molecule has 6 heteroatoms. The number of halogens is 1. The van der Waals surface area contributed by atoms with Crippen LogP contribution in [-0.2, 0) is 0 Å². The Hall–Kier alpha value is -1.69. The number of benzene rings is 1. The highest BCUT2D eigenvalue weighted by molar-refractivity contribution is 5.62. The first-order valence-corrected chi connectivity index (χ1v) is 7.59. The fourth-order valence-electron chi connectivity index (χ4n) is 3.72. The second-order valence-electron chi connectivity index (χ2n) is 5.94. The van der Waals surface area contributed by atoms with Crippen LogP contribution in [0.4, 0.5) is 15.8 Å². The lowest BCUT2D eigenvalue weighted by Gasteiger charge is -2.27. The smallest absolute Gasteiger partial charge is 0.295 e. The maximum Gasteiger partial charge on any atom is 0.295 e. The van der Waals surface area contributed by atoms with E-state index in [4.69, 9.17) is 0 Å². The number of para-hydroxylation sites is 1. The maximum atomic E-state index is 14.0. The normalized spacial score (nSPS) is 28.7. The van der Waals surface area contributed by atoms with Gasteiger partial charge in [-0.3, -0.25) is 10.1 Å². The van der Waals surface area contributed by atoms with Crippen LogP contribution >= 0.6 is 0 Å². The molecule has 3 unspecified atom stereocenters. The first-order chi connectivity index (χ1) is 10.2. The van der Waals surface area contributed by atoms with Crippen molar-refractivity contribution in [3.05, 3.63) is 34.1 Å². The number of hydrogen-bond donors (Lipinski definition) is 2. The summed E-state index contributed by atoms with van der Waals surface area (Å²) in [5, 5.41) is 17.7. The quantitative estimate of drug-likeness (QED) is 0.661. The number of nitro groups is 1. The van der Waals surface area contributed by atoms with E-state index >= 15 is 0 Å². The first-order valence-electron chi connectivity index (χ1n) is 7.59. The lowest BCUT2D eigenvalue weighted by atomic mass is 9.93. The molecule has 2 fully saturated rings. The molecule has 114 valence electrons. The van der Waals surface area contributed by atoms with Crippen molar-refractivity contribution in [2.45, 2.75) is 44.2 Å². The molecule has 0 bridgehead atoms. The van der Waals surface area contributed by atoms with Crippen LogP contribution in [0.1, 0.15) is 32.1 Å². The zero-order chi connectivity index (χ0) is 14.8. The summed E-state index contributed by atoms with van der Waals surface area (Å²) in [5.41, 5.74) is -0.141. The van der Waals surface area contributed by atoms with Crippen molar-refractivity contribution in [1.29, 1.82) is 0 Å². The highest BCUT2D eigenvalue weighted by atomic mass is 19.1. The summed E-state index contributed by atoms with van der Waals surface area (Å²) in [6, 6.07) is 4.56. The van der Waals surface area contributed by atoms with E-state index in [9.17, 15) is 14.5 Å². The second-order valence-corrected chi connectivity index (χ2v) is 5.94. The molecule has 2 N–H and O–H groups in total. The lowest BCUT2D eigenvalue weighted by molar-refractivity contribution is -0.384. The highest BCUT2D eigenvalue weighted by Gasteiger charge is 2.36. The van der Waals surface area contributed by atoms with E-state index in [-0.39, 0.29) is 17.4 Å². The van der Waals surface area contributed by atoms with Crippen molar-refractivity contribution in [3.63, 3.8) is 0 Å². The van der Waals surface area contributed by atoms with E-state index < -0.39 is 10.7 Å². The zero-order valence-corrected chi connectivity index (χ0v) is 11.8. The Morgan fingerprint density at radius 1 is 1.29 bits per heavy atom. The second kappa shape index (κ2) is 5.97. The van der Waals surface area contributed by atoms with Crippen LogP contribution in [-0.4, -0.2) is 23.6 Å². The first kappa shape index (κ1) is 14.3. The van der Waals surface area contributed by atoms with Crippen LogP contribution in [0.15, 0.2) is 18.2 Å². The van der Waals surface area contributed by atoms with Gasteiger partial charge in [-0.1, -0.05) is 12.5 Å². The van der Waals surface area contributed by atoms with Gasteiger partial charge in [0, 0.05) is 18.2 Å². The predicted molar refractivity (Wildman–Crippen MR) is 78.8 cm³/mol. The summed E-state index contributed by atoms with van der Waals surface area (Å²) in [6.45, 7) is 1.04. The zero-order valence-electron chi connectivity index (χ0n) is 11.8. The van der Waals surface area contributed by atoms with Crippen LogP contribution in [0.25, 0.3) is 0 Å². The van der Waals surface area contributed by atoms with Gasteiger partial charge in [-0.2, -0.15) is 0 Å². The van der Waals surface area contributed by atoms with Gasteiger partial charge >= 0.3 is 0 Å². The van der Waals surface area contributed by atoms with Crippen molar-refractivity contribution in [1.82, 2.24) is 5.32 Å². The summed E-state index contributed by atoms with van der Waals surface area (Å²) < 4.78 is 14.0. The van der Waals surface area contributed by atoms with Crippen molar-refractivity contribution in [2.75, 3.05) is 11.9 Å². The molecule has 0 spiro atoms. The molecular weight excluding hydrogens is 273 g/mol. The number of nitro benzene ring substituents is 1. The van der Waals surface area contributed by atoms with Gasteiger partial charge in [0.25, 0.3) is 5.69 Å². The van der Waals surface area contributed by atoms with Crippen molar-refractivity contribution < 1.29 is 9.31 Å². The van der Waals surface area contributed by atoms with Crippen LogP contribution in [0.2, 0.25) is 0 Å². The number of nitrogens with one attached hydrogen (secondary N) is 2. The SMILES string of the molecule is O=[N+]([O-])c1cccc(F)c1NC1CCCC1C1CCCN1. The minimum atomic E-state index is -0.547. The molecule has 1 saturated heterocycles. The third kappa shape index (κ3) is 2.85. The van der Waals surface area contributed by atoms with Gasteiger partial charge in [-0.05, 0) is 44.2 Å². The van der Waals surface area contributed by atoms with Gasteiger partial charge < -0.3 is 10.6 Å². The number of hydrogen-bond acceptors (Lipinski definition) is 4. The van der Waals surface area contributed by atoms with E-state index in [1.54, 1.807) is 0 Å². The molecule has 3 rings (SSSR count). The van der Waals surface area contributed by atoms with Crippen molar-refractivity contribution in [3.8, 4) is 0 Å². The third-order valence-electron chi connectivity index (χ3n) is 4.70. The molecule has 1 saturated carbocycles. The largest absolute Gasteiger partial charge is 0.374 e. The molecule has 0 radical (unpaired) electrons. The number of nitrogens with zero attached hydrogens (tertiary/aromatic N) is 1. The molecule has 1 aromatic rings. The van der Waals surface area contributed by atoms with Gasteiger partial charge in [-0.15, -0.1) is 0 Å². The van der Waals surface area contributed by atoms with Crippen LogP contribution in [0.3, 0.4) is 0 Å². The van der Waals surface area contributed by atoms with Gasteiger partial charge in [0.2, 0.25) is 0 Å². The summed E-state index contributed by atoms with van der Waals surface area (Å²) in [6.07, 6.45) is 5.44. The standard InChI is InChI=1S/C15H20FN3O2/c16-11-5-2-8-14(19(20)21)15(11)18-13-6-1-4-10(13)12-7-3-9-17-12/h2,5,8,10,12-13,17-18H,1,3-4,6-7,9H2. The Balaban J connectivity index is 1.81. The lowest BCUT2D eigenvalue weighted by Crippen LogP contribution is -2.38. The van der Waals surface area contributed by atoms with Crippen molar-refractivity contribution in [2.24, 2.45) is 5.92 Å². The molecular formula is C15H20FN3O2. The molecule has 3 atom stereocenters. The minimum Gasteiger partial charge on any atom is -0.374 e. The van der Waals surface area contributed by atoms with E-state index in [1.807, 2.05) is 0 Å². The van der Waals surface area contributed by atoms with Crippen LogP contribution in [0.5, 0.6) is 0 Å². The molecule has 1 heterocycles. The summed E-state index contributed by atoms with van der Waals surface area (Å²) in [5.74, 6) is -0.124. The Kier molecular flexibility index (Phi) is 4.05. The Labute approximate surface area is 123 Å². The minimum absolute atomic E-state index is 0.0393. The van der Waals surface area contributed by atoms with Crippen LogP contribution < -0.4 is 10.6 Å². The average molecular weight is 293 g/mol.